The summed E-state index contributed by atoms with van der Waals surface area (Å²) in [6, 6.07) is 6.18. The molecule has 84 valence electrons. The van der Waals surface area contributed by atoms with Gasteiger partial charge in [0.05, 0.1) is 5.69 Å². The van der Waals surface area contributed by atoms with Gasteiger partial charge < -0.3 is 5.32 Å². The zero-order valence-corrected chi connectivity index (χ0v) is 8.60. The van der Waals surface area contributed by atoms with E-state index in [0.29, 0.717) is 5.69 Å². The van der Waals surface area contributed by atoms with Crippen molar-refractivity contribution in [3.05, 3.63) is 39.9 Å². The molecule has 0 atom stereocenters. The first kappa shape index (κ1) is 11.8. The van der Waals surface area contributed by atoms with Crippen molar-refractivity contribution in [2.75, 3.05) is 11.9 Å². The quantitative estimate of drug-likeness (QED) is 0.469. The van der Waals surface area contributed by atoms with Crippen LogP contribution in [0.25, 0.3) is 0 Å². The number of para-hydroxylation sites is 1. The van der Waals surface area contributed by atoms with Gasteiger partial charge in [0.25, 0.3) is 6.54 Å². The Kier molecular flexibility index (Phi) is 3.71. The molecule has 0 heterocycles. The number of nitrogens with one attached hydrogen (secondary N) is 1. The Morgan fingerprint density at radius 3 is 2.56 bits per heavy atom. The molecule has 0 saturated carbocycles. The highest BCUT2D eigenvalue weighted by molar-refractivity contribution is 6.04. The number of carbonyl (C=O) groups excluding carboxylic acids is 2. The molecule has 1 aromatic rings. The van der Waals surface area contributed by atoms with Crippen molar-refractivity contribution in [2.24, 2.45) is 0 Å². The van der Waals surface area contributed by atoms with Gasteiger partial charge in [-0.05, 0) is 12.1 Å². The summed E-state index contributed by atoms with van der Waals surface area (Å²) in [5.41, 5.74) is 0.441. The Labute approximate surface area is 91.4 Å². The molecule has 0 aliphatic carbocycles. The van der Waals surface area contributed by atoms with Crippen molar-refractivity contribution in [1.29, 1.82) is 0 Å². The molecule has 16 heavy (non-hydrogen) atoms. The smallest absolute Gasteiger partial charge is 0.265 e. The third kappa shape index (κ3) is 3.16. The van der Waals surface area contributed by atoms with Gasteiger partial charge in [0.2, 0.25) is 11.7 Å². The third-order valence-electron chi connectivity index (χ3n) is 1.81. The van der Waals surface area contributed by atoms with Gasteiger partial charge in [0.15, 0.2) is 0 Å². The van der Waals surface area contributed by atoms with E-state index in [0.717, 1.165) is 0 Å². The predicted octanol–water partition coefficient (Wildman–Crippen LogP) is 1.10. The lowest BCUT2D eigenvalue weighted by Crippen LogP contribution is -2.17. The van der Waals surface area contributed by atoms with Gasteiger partial charge in [-0.1, -0.05) is 12.1 Å². The minimum absolute atomic E-state index is 0.148. The fourth-order valence-corrected chi connectivity index (χ4v) is 1.23. The molecular formula is C10H10N2O4. The van der Waals surface area contributed by atoms with Gasteiger partial charge in [0, 0.05) is 17.4 Å². The predicted molar refractivity (Wildman–Crippen MR) is 56.9 cm³/mol. The van der Waals surface area contributed by atoms with Crippen molar-refractivity contribution in [2.45, 2.75) is 6.92 Å². The summed E-state index contributed by atoms with van der Waals surface area (Å²) in [5, 5.41) is 12.7. The number of anilines is 1. The molecule has 0 bridgehead atoms. The summed E-state index contributed by atoms with van der Waals surface area (Å²) in [6.07, 6.45) is 0. The van der Waals surface area contributed by atoms with Crippen LogP contribution in [0.3, 0.4) is 0 Å². The standard InChI is InChI=1S/C10H10N2O4/c1-7(13)11-9-5-3-2-4-8(9)10(14)6-12(15)16/h2-5H,6H2,1H3,(H,11,13). The highest BCUT2D eigenvalue weighted by atomic mass is 16.6. The zero-order chi connectivity index (χ0) is 12.1. The summed E-state index contributed by atoms with van der Waals surface area (Å²) >= 11 is 0. The number of hydrogen-bond donors (Lipinski definition) is 1. The van der Waals surface area contributed by atoms with Crippen LogP contribution < -0.4 is 5.32 Å². The lowest BCUT2D eigenvalue weighted by molar-refractivity contribution is -0.465. The van der Waals surface area contributed by atoms with Gasteiger partial charge in [-0.2, -0.15) is 0 Å². The van der Waals surface area contributed by atoms with Crippen molar-refractivity contribution < 1.29 is 14.5 Å². The van der Waals surface area contributed by atoms with Crippen molar-refractivity contribution in [3.8, 4) is 0 Å². The number of carbonyl (C=O) groups is 2. The third-order valence-corrected chi connectivity index (χ3v) is 1.81. The molecule has 6 heteroatoms. The van der Waals surface area contributed by atoms with Gasteiger partial charge in [-0.25, -0.2) is 0 Å². The Morgan fingerprint density at radius 2 is 2.00 bits per heavy atom. The average molecular weight is 222 g/mol. The van der Waals surface area contributed by atoms with Crippen LogP contribution in [-0.2, 0) is 4.79 Å². The van der Waals surface area contributed by atoms with Crippen LogP contribution in [0.15, 0.2) is 24.3 Å². The monoisotopic (exact) mass is 222 g/mol. The summed E-state index contributed by atoms with van der Waals surface area (Å²) in [5.74, 6) is -0.962. The molecule has 6 nitrogen and oxygen atoms in total. The Bertz CT molecular complexity index is 442. The molecule has 0 aromatic heterocycles. The maximum absolute atomic E-state index is 11.5. The van der Waals surface area contributed by atoms with Crippen LogP contribution in [-0.4, -0.2) is 23.2 Å². The van der Waals surface area contributed by atoms with Crippen LogP contribution in [0.4, 0.5) is 5.69 Å². The van der Waals surface area contributed by atoms with Crippen LogP contribution in [0.5, 0.6) is 0 Å². The average Bonchev–Trinajstić information content (AvgIpc) is 2.16. The summed E-state index contributed by atoms with van der Waals surface area (Å²) < 4.78 is 0. The molecule has 0 saturated heterocycles. The summed E-state index contributed by atoms with van der Waals surface area (Å²) in [7, 11) is 0. The number of nitrogens with zero attached hydrogens (tertiary/aromatic N) is 1. The number of ketones is 1. The lowest BCUT2D eigenvalue weighted by atomic mass is 10.1. The molecule has 1 amide bonds. The van der Waals surface area contributed by atoms with E-state index in [2.05, 4.69) is 5.32 Å². The molecule has 0 spiro atoms. The number of rotatable bonds is 4. The van der Waals surface area contributed by atoms with E-state index in [1.807, 2.05) is 0 Å². The molecular weight excluding hydrogens is 212 g/mol. The Morgan fingerprint density at radius 1 is 1.38 bits per heavy atom. The second kappa shape index (κ2) is 5.01. The lowest BCUT2D eigenvalue weighted by Gasteiger charge is -2.06. The second-order valence-electron chi connectivity index (χ2n) is 3.14. The van der Waals surface area contributed by atoms with Crippen molar-refractivity contribution in [1.82, 2.24) is 0 Å². The van der Waals surface area contributed by atoms with Crippen molar-refractivity contribution >= 4 is 17.4 Å². The summed E-state index contributed by atoms with van der Waals surface area (Å²) in [4.78, 5) is 31.8. The van der Waals surface area contributed by atoms with Gasteiger partial charge >= 0.3 is 0 Å². The zero-order valence-electron chi connectivity index (χ0n) is 8.60. The van der Waals surface area contributed by atoms with E-state index >= 15 is 0 Å². The van der Waals surface area contributed by atoms with E-state index in [1.54, 1.807) is 12.1 Å². The van der Waals surface area contributed by atoms with E-state index < -0.39 is 17.3 Å². The highest BCUT2D eigenvalue weighted by Gasteiger charge is 2.16. The fourth-order valence-electron chi connectivity index (χ4n) is 1.23. The number of amides is 1. The van der Waals surface area contributed by atoms with Gasteiger partial charge in [-0.15, -0.1) is 0 Å². The van der Waals surface area contributed by atoms with E-state index in [-0.39, 0.29) is 11.5 Å². The SMILES string of the molecule is CC(=O)Nc1ccccc1C(=O)C[N+](=O)[O-]. The number of hydrogen-bond acceptors (Lipinski definition) is 4. The molecule has 0 aliphatic rings. The second-order valence-corrected chi connectivity index (χ2v) is 3.14. The maximum atomic E-state index is 11.5. The topological polar surface area (TPSA) is 89.3 Å². The van der Waals surface area contributed by atoms with Crippen LogP contribution >= 0.6 is 0 Å². The molecule has 0 radical (unpaired) electrons. The van der Waals surface area contributed by atoms with Crippen LogP contribution in [0, 0.1) is 10.1 Å². The van der Waals surface area contributed by atoms with Crippen LogP contribution in [0.2, 0.25) is 0 Å². The minimum atomic E-state index is -0.781. The maximum Gasteiger partial charge on any atom is 0.265 e. The first-order valence-electron chi connectivity index (χ1n) is 4.52. The largest absolute Gasteiger partial charge is 0.326 e. The number of benzene rings is 1. The molecule has 0 fully saturated rings. The van der Waals surface area contributed by atoms with E-state index in [4.69, 9.17) is 0 Å². The van der Waals surface area contributed by atoms with E-state index in [9.17, 15) is 19.7 Å². The Balaban J connectivity index is 2.98. The molecule has 0 aliphatic heterocycles. The first-order chi connectivity index (χ1) is 7.50. The minimum Gasteiger partial charge on any atom is -0.326 e. The highest BCUT2D eigenvalue weighted by Crippen LogP contribution is 2.15. The molecule has 1 rings (SSSR count). The number of nitro groups is 1. The molecule has 1 aromatic carbocycles. The summed E-state index contributed by atoms with van der Waals surface area (Å²) in [6.45, 7) is 0.519. The van der Waals surface area contributed by atoms with E-state index in [1.165, 1.54) is 19.1 Å². The normalized spacial score (nSPS) is 9.56. The molecule has 0 unspecified atom stereocenters. The van der Waals surface area contributed by atoms with Crippen molar-refractivity contribution in [3.63, 3.8) is 0 Å². The number of Topliss-reactive ketones (excluding diaryl/α,β-unsaturated/α-hetero) is 1. The fraction of sp³-hybridized carbons (Fsp3) is 0.200. The Hall–Kier alpha value is -2.24. The van der Waals surface area contributed by atoms with Gasteiger partial charge in [0.1, 0.15) is 0 Å². The first-order valence-corrected chi connectivity index (χ1v) is 4.52. The molecule has 1 N–H and O–H groups in total. The van der Waals surface area contributed by atoms with Crippen LogP contribution in [0.1, 0.15) is 17.3 Å². The van der Waals surface area contributed by atoms with Gasteiger partial charge in [-0.3, -0.25) is 19.7 Å².